The average molecular weight is 170 g/mol. The summed E-state index contributed by atoms with van der Waals surface area (Å²) in [6, 6.07) is 0. The van der Waals surface area contributed by atoms with Crippen LogP contribution in [0.1, 0.15) is 39.5 Å². The minimum atomic E-state index is 0.0295. The molecule has 2 heteroatoms. The smallest absolute Gasteiger partial charge is 0.309 e. The van der Waals surface area contributed by atoms with Gasteiger partial charge < -0.3 is 4.74 Å². The van der Waals surface area contributed by atoms with Crippen LogP contribution in [0.4, 0.5) is 0 Å². The van der Waals surface area contributed by atoms with Gasteiger partial charge in [0, 0.05) is 0 Å². The van der Waals surface area contributed by atoms with E-state index in [1.165, 1.54) is 12.8 Å². The zero-order valence-electron chi connectivity index (χ0n) is 8.01. The Hall–Kier alpha value is -0.530. The zero-order chi connectivity index (χ0) is 8.97. The van der Waals surface area contributed by atoms with Crippen LogP contribution in [0, 0.1) is 11.8 Å². The molecule has 0 aliphatic heterocycles. The molecule has 0 aromatic heterocycles. The number of carbonyl (C=O) groups is 1. The highest BCUT2D eigenvalue weighted by molar-refractivity contribution is 5.73. The Bertz CT molecular complexity index is 154. The van der Waals surface area contributed by atoms with Gasteiger partial charge in [-0.1, -0.05) is 19.8 Å². The summed E-state index contributed by atoms with van der Waals surface area (Å²) in [5.74, 6) is 0.820. The first kappa shape index (κ1) is 9.56. The number of carbonyl (C=O) groups excluding carboxylic acids is 1. The van der Waals surface area contributed by atoms with E-state index in [9.17, 15) is 4.79 Å². The summed E-state index contributed by atoms with van der Waals surface area (Å²) in [6.07, 6.45) is 4.56. The second kappa shape index (κ2) is 4.48. The van der Waals surface area contributed by atoms with Crippen LogP contribution in [0.5, 0.6) is 0 Å². The fourth-order valence-electron chi connectivity index (χ4n) is 2.09. The summed E-state index contributed by atoms with van der Waals surface area (Å²) < 4.78 is 5.02. The van der Waals surface area contributed by atoms with Crippen molar-refractivity contribution in [1.82, 2.24) is 0 Å². The lowest BCUT2D eigenvalue weighted by Gasteiger charge is -2.15. The van der Waals surface area contributed by atoms with E-state index in [4.69, 9.17) is 4.74 Å². The maximum atomic E-state index is 11.4. The van der Waals surface area contributed by atoms with Crippen LogP contribution >= 0.6 is 0 Å². The van der Waals surface area contributed by atoms with E-state index >= 15 is 0 Å². The lowest BCUT2D eigenvalue weighted by Crippen LogP contribution is -2.20. The average Bonchev–Trinajstić information content (AvgIpc) is 2.51. The summed E-state index contributed by atoms with van der Waals surface area (Å²) in [4.78, 5) is 11.4. The van der Waals surface area contributed by atoms with Gasteiger partial charge in [0.2, 0.25) is 0 Å². The quantitative estimate of drug-likeness (QED) is 0.608. The molecule has 2 atom stereocenters. The van der Waals surface area contributed by atoms with Crippen molar-refractivity contribution in [3.8, 4) is 0 Å². The summed E-state index contributed by atoms with van der Waals surface area (Å²) in [5.41, 5.74) is 0. The first-order valence-corrected chi connectivity index (χ1v) is 4.96. The molecule has 1 fully saturated rings. The molecule has 0 spiro atoms. The molecule has 1 aliphatic carbocycles. The molecule has 70 valence electrons. The van der Waals surface area contributed by atoms with Crippen molar-refractivity contribution in [2.75, 3.05) is 6.61 Å². The van der Waals surface area contributed by atoms with Crippen molar-refractivity contribution >= 4 is 5.97 Å². The number of rotatable bonds is 3. The van der Waals surface area contributed by atoms with E-state index in [1.54, 1.807) is 0 Å². The molecule has 0 unspecified atom stereocenters. The summed E-state index contributed by atoms with van der Waals surface area (Å²) >= 11 is 0. The molecule has 12 heavy (non-hydrogen) atoms. The number of ether oxygens (including phenoxy) is 1. The van der Waals surface area contributed by atoms with Crippen LogP contribution in [-0.2, 0) is 9.53 Å². The van der Waals surface area contributed by atoms with Crippen LogP contribution in [0.25, 0.3) is 0 Å². The third kappa shape index (κ3) is 1.99. The molecule has 1 rings (SSSR count). The van der Waals surface area contributed by atoms with Crippen molar-refractivity contribution in [1.29, 1.82) is 0 Å². The monoisotopic (exact) mass is 170 g/mol. The lowest BCUT2D eigenvalue weighted by molar-refractivity contribution is -0.149. The number of esters is 1. The molecule has 0 radical (unpaired) electrons. The van der Waals surface area contributed by atoms with E-state index < -0.39 is 0 Å². The van der Waals surface area contributed by atoms with Crippen molar-refractivity contribution in [3.63, 3.8) is 0 Å². The van der Waals surface area contributed by atoms with Crippen LogP contribution < -0.4 is 0 Å². The molecule has 0 heterocycles. The van der Waals surface area contributed by atoms with E-state index in [1.807, 2.05) is 6.92 Å². The highest BCUT2D eigenvalue weighted by Gasteiger charge is 2.32. The topological polar surface area (TPSA) is 26.3 Å². The zero-order valence-corrected chi connectivity index (χ0v) is 8.01. The van der Waals surface area contributed by atoms with Gasteiger partial charge >= 0.3 is 5.97 Å². The first-order chi connectivity index (χ1) is 5.79. The van der Waals surface area contributed by atoms with Crippen molar-refractivity contribution in [3.05, 3.63) is 0 Å². The Labute approximate surface area is 74.3 Å². The Kier molecular flexibility index (Phi) is 3.57. The SMILES string of the molecule is CCOC(=O)[C@@H]1CCC[C@H]1CC. The normalized spacial score (nSPS) is 28.8. The maximum absolute atomic E-state index is 11.4. The number of hydrogen-bond donors (Lipinski definition) is 0. The lowest BCUT2D eigenvalue weighted by atomic mass is 9.94. The van der Waals surface area contributed by atoms with Gasteiger partial charge in [0.15, 0.2) is 0 Å². The van der Waals surface area contributed by atoms with E-state index in [0.717, 1.165) is 12.8 Å². The van der Waals surface area contributed by atoms with Crippen LogP contribution in [0.2, 0.25) is 0 Å². The molecule has 0 aromatic carbocycles. The van der Waals surface area contributed by atoms with Gasteiger partial charge in [-0.05, 0) is 25.7 Å². The van der Waals surface area contributed by atoms with Crippen molar-refractivity contribution < 1.29 is 9.53 Å². The Morgan fingerprint density at radius 1 is 1.42 bits per heavy atom. The van der Waals surface area contributed by atoms with Gasteiger partial charge in [-0.3, -0.25) is 4.79 Å². The van der Waals surface area contributed by atoms with Crippen molar-refractivity contribution in [2.45, 2.75) is 39.5 Å². The van der Waals surface area contributed by atoms with Crippen LogP contribution in [0.3, 0.4) is 0 Å². The van der Waals surface area contributed by atoms with E-state index in [-0.39, 0.29) is 11.9 Å². The molecule has 0 amide bonds. The second-order valence-electron chi connectivity index (χ2n) is 3.46. The van der Waals surface area contributed by atoms with Gasteiger partial charge in [0.05, 0.1) is 12.5 Å². The predicted octanol–water partition coefficient (Wildman–Crippen LogP) is 2.38. The summed E-state index contributed by atoms with van der Waals surface area (Å²) in [6.45, 7) is 4.54. The van der Waals surface area contributed by atoms with E-state index in [2.05, 4.69) is 6.92 Å². The molecular formula is C10H18O2. The first-order valence-electron chi connectivity index (χ1n) is 4.96. The fourth-order valence-corrected chi connectivity index (χ4v) is 2.09. The van der Waals surface area contributed by atoms with Crippen molar-refractivity contribution in [2.24, 2.45) is 11.8 Å². The Morgan fingerprint density at radius 3 is 2.75 bits per heavy atom. The molecule has 1 saturated carbocycles. The number of hydrogen-bond acceptors (Lipinski definition) is 2. The predicted molar refractivity (Wildman–Crippen MR) is 47.8 cm³/mol. The van der Waals surface area contributed by atoms with Gasteiger partial charge in [-0.25, -0.2) is 0 Å². The molecule has 0 bridgehead atoms. The molecule has 0 saturated heterocycles. The second-order valence-corrected chi connectivity index (χ2v) is 3.46. The third-order valence-corrected chi connectivity index (χ3v) is 2.77. The van der Waals surface area contributed by atoms with Gasteiger partial charge in [-0.2, -0.15) is 0 Å². The minimum Gasteiger partial charge on any atom is -0.466 e. The highest BCUT2D eigenvalue weighted by atomic mass is 16.5. The minimum absolute atomic E-state index is 0.0295. The van der Waals surface area contributed by atoms with Crippen LogP contribution in [-0.4, -0.2) is 12.6 Å². The Morgan fingerprint density at radius 2 is 2.17 bits per heavy atom. The van der Waals surface area contributed by atoms with E-state index in [0.29, 0.717) is 12.5 Å². The largest absolute Gasteiger partial charge is 0.466 e. The van der Waals surface area contributed by atoms with Gasteiger partial charge in [0.25, 0.3) is 0 Å². The molecule has 0 N–H and O–H groups in total. The standard InChI is InChI=1S/C10H18O2/c1-3-8-6-5-7-9(8)10(11)12-4-2/h8-9H,3-7H2,1-2H3/t8-,9-/m1/s1. The third-order valence-electron chi connectivity index (χ3n) is 2.77. The van der Waals surface area contributed by atoms with Gasteiger partial charge in [0.1, 0.15) is 0 Å². The van der Waals surface area contributed by atoms with Gasteiger partial charge in [-0.15, -0.1) is 0 Å². The Balaban J connectivity index is 2.43. The fraction of sp³-hybridized carbons (Fsp3) is 0.900. The molecule has 1 aliphatic rings. The summed E-state index contributed by atoms with van der Waals surface area (Å²) in [7, 11) is 0. The molecule has 0 aromatic rings. The summed E-state index contributed by atoms with van der Waals surface area (Å²) in [5, 5.41) is 0. The highest BCUT2D eigenvalue weighted by Crippen LogP contribution is 2.34. The molecule has 2 nitrogen and oxygen atoms in total. The maximum Gasteiger partial charge on any atom is 0.309 e. The van der Waals surface area contributed by atoms with Crippen LogP contribution in [0.15, 0.2) is 0 Å². The molecular weight excluding hydrogens is 152 g/mol.